The molecule has 2 fully saturated rings. The molecule has 182 valence electrons. The van der Waals surface area contributed by atoms with Gasteiger partial charge in [0.15, 0.2) is 5.82 Å². The lowest BCUT2D eigenvalue weighted by Gasteiger charge is -2.40. The lowest BCUT2D eigenvalue weighted by molar-refractivity contribution is 0.0712. The Morgan fingerprint density at radius 2 is 1.86 bits per heavy atom. The SMILES string of the molecule is C=NCc1ccc(C2CCN(C(=O)c3cc(-c4n[nH]c(C)n4)c(N4CC(C)C4)cc3C)CC2)cc1. The molecule has 1 aromatic heterocycles. The molecule has 3 heterocycles. The van der Waals surface area contributed by atoms with Gasteiger partial charge in [-0.05, 0) is 74.1 Å². The Kier molecular flexibility index (Phi) is 6.41. The number of anilines is 1. The van der Waals surface area contributed by atoms with Crippen molar-refractivity contribution >= 4 is 18.3 Å². The Hall–Kier alpha value is -3.48. The lowest BCUT2D eigenvalue weighted by Crippen LogP contribution is -2.45. The van der Waals surface area contributed by atoms with Gasteiger partial charge >= 0.3 is 0 Å². The number of H-pyrrole nitrogens is 1. The fourth-order valence-electron chi connectivity index (χ4n) is 5.33. The highest BCUT2D eigenvalue weighted by Crippen LogP contribution is 2.36. The molecule has 0 bridgehead atoms. The minimum Gasteiger partial charge on any atom is -0.370 e. The highest BCUT2D eigenvalue weighted by Gasteiger charge is 2.30. The number of piperidine rings is 1. The highest BCUT2D eigenvalue weighted by atomic mass is 16.2. The van der Waals surface area contributed by atoms with E-state index in [0.717, 1.165) is 67.2 Å². The zero-order valence-electron chi connectivity index (χ0n) is 20.9. The van der Waals surface area contributed by atoms with E-state index in [4.69, 9.17) is 0 Å². The number of aromatic nitrogens is 3. The Balaban J connectivity index is 1.34. The molecule has 1 amide bonds. The Bertz CT molecular complexity index is 1220. The fraction of sp³-hybridized carbons (Fsp3) is 0.429. The molecule has 0 atom stereocenters. The standard InChI is InChI=1S/C28H34N6O/c1-18-16-34(17-18)26-13-19(2)24(14-25(26)27-30-20(3)31-32-27)28(35)33-11-9-23(10-12-33)22-7-5-21(6-8-22)15-29-4/h5-8,13-14,18,23H,4,9-12,15-17H2,1-3H3,(H,30,31,32). The topological polar surface area (TPSA) is 77.5 Å². The van der Waals surface area contributed by atoms with Crippen molar-refractivity contribution in [2.24, 2.45) is 10.9 Å². The number of aryl methyl sites for hydroxylation is 2. The highest BCUT2D eigenvalue weighted by molar-refractivity contribution is 5.98. The van der Waals surface area contributed by atoms with E-state index >= 15 is 0 Å². The van der Waals surface area contributed by atoms with Gasteiger partial charge in [0, 0.05) is 43.0 Å². The number of nitrogens with one attached hydrogen (secondary N) is 1. The second-order valence-electron chi connectivity index (χ2n) is 10.1. The van der Waals surface area contributed by atoms with E-state index in [0.29, 0.717) is 24.2 Å². The van der Waals surface area contributed by atoms with Gasteiger partial charge in [0.25, 0.3) is 5.91 Å². The number of hydrogen-bond acceptors (Lipinski definition) is 5. The zero-order chi connectivity index (χ0) is 24.5. The number of aliphatic imine (C=N–C) groups is 1. The molecule has 0 aliphatic carbocycles. The van der Waals surface area contributed by atoms with E-state index in [2.05, 4.69) is 69.0 Å². The Morgan fingerprint density at radius 3 is 2.46 bits per heavy atom. The summed E-state index contributed by atoms with van der Waals surface area (Å²) in [6.45, 7) is 14.0. The van der Waals surface area contributed by atoms with Crippen LogP contribution in [0.5, 0.6) is 0 Å². The second-order valence-corrected chi connectivity index (χ2v) is 10.1. The molecule has 7 heteroatoms. The number of nitrogens with zero attached hydrogens (tertiary/aromatic N) is 5. The number of hydrogen-bond donors (Lipinski definition) is 1. The molecule has 2 aromatic carbocycles. The Morgan fingerprint density at radius 1 is 1.14 bits per heavy atom. The summed E-state index contributed by atoms with van der Waals surface area (Å²) in [5.41, 5.74) is 6.33. The van der Waals surface area contributed by atoms with Gasteiger partial charge in [0.2, 0.25) is 0 Å². The number of carbonyl (C=O) groups excluding carboxylic acids is 1. The average molecular weight is 471 g/mol. The number of aromatic amines is 1. The number of amides is 1. The first-order valence-corrected chi connectivity index (χ1v) is 12.5. The molecule has 1 N–H and O–H groups in total. The molecule has 2 saturated heterocycles. The molecule has 35 heavy (non-hydrogen) atoms. The summed E-state index contributed by atoms with van der Waals surface area (Å²) in [6.07, 6.45) is 1.95. The molecule has 5 rings (SSSR count). The van der Waals surface area contributed by atoms with E-state index in [1.54, 1.807) is 0 Å². The normalized spacial score (nSPS) is 16.9. The lowest BCUT2D eigenvalue weighted by atomic mass is 9.88. The monoisotopic (exact) mass is 470 g/mol. The minimum atomic E-state index is 0.102. The van der Waals surface area contributed by atoms with Crippen LogP contribution >= 0.6 is 0 Å². The summed E-state index contributed by atoms with van der Waals surface area (Å²) >= 11 is 0. The van der Waals surface area contributed by atoms with Crippen LogP contribution < -0.4 is 4.90 Å². The van der Waals surface area contributed by atoms with E-state index in [1.807, 2.05) is 24.8 Å². The third-order valence-electron chi connectivity index (χ3n) is 7.34. The maximum Gasteiger partial charge on any atom is 0.254 e. The average Bonchev–Trinajstić information content (AvgIpc) is 3.28. The van der Waals surface area contributed by atoms with Crippen LogP contribution in [0.4, 0.5) is 5.69 Å². The van der Waals surface area contributed by atoms with Gasteiger partial charge < -0.3 is 9.80 Å². The van der Waals surface area contributed by atoms with Crippen LogP contribution in [0.3, 0.4) is 0 Å². The quantitative estimate of drug-likeness (QED) is 0.527. The third kappa shape index (κ3) is 4.72. The van der Waals surface area contributed by atoms with Crippen LogP contribution in [0.1, 0.15) is 58.6 Å². The van der Waals surface area contributed by atoms with Gasteiger partial charge in [-0.2, -0.15) is 5.10 Å². The predicted molar refractivity (Wildman–Crippen MR) is 140 cm³/mol. The fourth-order valence-corrected chi connectivity index (χ4v) is 5.33. The van der Waals surface area contributed by atoms with Gasteiger partial charge in [-0.3, -0.25) is 14.9 Å². The summed E-state index contributed by atoms with van der Waals surface area (Å²) in [4.78, 5) is 26.5. The van der Waals surface area contributed by atoms with Crippen molar-refractivity contribution in [2.45, 2.75) is 46.1 Å². The first-order valence-electron chi connectivity index (χ1n) is 12.5. The van der Waals surface area contributed by atoms with E-state index < -0.39 is 0 Å². The van der Waals surface area contributed by atoms with Crippen molar-refractivity contribution < 1.29 is 4.79 Å². The number of benzene rings is 2. The van der Waals surface area contributed by atoms with Crippen molar-refractivity contribution in [3.63, 3.8) is 0 Å². The van der Waals surface area contributed by atoms with Crippen LogP contribution in [0.15, 0.2) is 41.4 Å². The number of carbonyl (C=O) groups is 1. The Labute approximate surface area is 207 Å². The number of rotatable bonds is 6. The molecule has 7 nitrogen and oxygen atoms in total. The van der Waals surface area contributed by atoms with Crippen LogP contribution in [0.2, 0.25) is 0 Å². The van der Waals surface area contributed by atoms with Crippen molar-refractivity contribution in [1.82, 2.24) is 20.1 Å². The van der Waals surface area contributed by atoms with Gasteiger partial charge in [-0.15, -0.1) is 0 Å². The molecule has 3 aromatic rings. The summed E-state index contributed by atoms with van der Waals surface area (Å²) in [5, 5.41) is 7.37. The van der Waals surface area contributed by atoms with Crippen LogP contribution in [0.25, 0.3) is 11.4 Å². The van der Waals surface area contributed by atoms with Crippen LogP contribution in [0, 0.1) is 19.8 Å². The van der Waals surface area contributed by atoms with Crippen molar-refractivity contribution in [1.29, 1.82) is 0 Å². The van der Waals surface area contributed by atoms with Crippen LogP contribution in [-0.2, 0) is 6.54 Å². The summed E-state index contributed by atoms with van der Waals surface area (Å²) in [5.74, 6) is 2.68. The zero-order valence-corrected chi connectivity index (χ0v) is 20.9. The van der Waals surface area contributed by atoms with Gasteiger partial charge in [-0.25, -0.2) is 4.98 Å². The molecule has 0 radical (unpaired) electrons. The van der Waals surface area contributed by atoms with E-state index in [9.17, 15) is 4.79 Å². The van der Waals surface area contributed by atoms with E-state index in [1.165, 1.54) is 11.1 Å². The maximum absolute atomic E-state index is 13.6. The molecule has 0 saturated carbocycles. The predicted octanol–water partition coefficient (Wildman–Crippen LogP) is 4.77. The van der Waals surface area contributed by atoms with Gasteiger partial charge in [-0.1, -0.05) is 31.2 Å². The van der Waals surface area contributed by atoms with Crippen molar-refractivity contribution in [2.75, 3.05) is 31.1 Å². The summed E-state index contributed by atoms with van der Waals surface area (Å²) in [6, 6.07) is 12.8. The first kappa shape index (κ1) is 23.3. The molecule has 2 aliphatic heterocycles. The first-order chi connectivity index (χ1) is 16.9. The molecule has 0 spiro atoms. The molecule has 2 aliphatic rings. The maximum atomic E-state index is 13.6. The van der Waals surface area contributed by atoms with Gasteiger partial charge in [0.05, 0.1) is 6.54 Å². The summed E-state index contributed by atoms with van der Waals surface area (Å²) < 4.78 is 0. The minimum absolute atomic E-state index is 0.102. The second kappa shape index (κ2) is 9.64. The third-order valence-corrected chi connectivity index (χ3v) is 7.34. The smallest absolute Gasteiger partial charge is 0.254 e. The molecular weight excluding hydrogens is 436 g/mol. The van der Waals surface area contributed by atoms with Crippen molar-refractivity contribution in [3.8, 4) is 11.4 Å². The largest absolute Gasteiger partial charge is 0.370 e. The van der Waals surface area contributed by atoms with Crippen LogP contribution in [-0.4, -0.2) is 58.9 Å². The molecular formula is C28H34N6O. The van der Waals surface area contributed by atoms with Gasteiger partial charge in [0.1, 0.15) is 5.82 Å². The number of likely N-dealkylation sites (tertiary alicyclic amines) is 1. The summed E-state index contributed by atoms with van der Waals surface area (Å²) in [7, 11) is 0. The van der Waals surface area contributed by atoms with Crippen molar-refractivity contribution in [3.05, 3.63) is 64.5 Å². The van der Waals surface area contributed by atoms with E-state index in [-0.39, 0.29) is 5.91 Å². The molecule has 0 unspecified atom stereocenters.